The van der Waals surface area contributed by atoms with Crippen molar-refractivity contribution in [3.05, 3.63) is 12.5 Å². The maximum absolute atomic E-state index is 6.01. The Hall–Kier alpha value is -1.32. The van der Waals surface area contributed by atoms with Crippen LogP contribution in [0.5, 0.6) is 0 Å². The van der Waals surface area contributed by atoms with Crippen LogP contribution in [0.25, 0.3) is 0 Å². The Morgan fingerprint density at radius 1 is 1.18 bits per heavy atom. The van der Waals surface area contributed by atoms with Crippen LogP contribution < -0.4 is 10.6 Å². The number of hydrogen-bond donors (Lipinski definition) is 1. The zero-order chi connectivity index (χ0) is 11.7. The van der Waals surface area contributed by atoms with Crippen LogP contribution in [0.4, 0.5) is 11.5 Å². The molecule has 2 atom stereocenters. The first kappa shape index (κ1) is 10.8. The monoisotopic (exact) mass is 232 g/mol. The molecule has 4 nitrogen and oxygen atoms in total. The van der Waals surface area contributed by atoms with Crippen LogP contribution in [-0.4, -0.2) is 22.6 Å². The minimum atomic E-state index is 0.662. The first-order valence-electron chi connectivity index (χ1n) is 6.68. The van der Waals surface area contributed by atoms with E-state index >= 15 is 0 Å². The molecule has 0 radical (unpaired) electrons. The molecule has 2 fully saturated rings. The van der Waals surface area contributed by atoms with Gasteiger partial charge in [0.05, 0.1) is 11.9 Å². The normalized spacial score (nSPS) is 28.8. The van der Waals surface area contributed by atoms with Crippen molar-refractivity contribution in [2.75, 3.05) is 17.2 Å². The molecule has 2 heterocycles. The number of rotatable bonds is 1. The zero-order valence-electron chi connectivity index (χ0n) is 10.2. The van der Waals surface area contributed by atoms with Gasteiger partial charge in [0.15, 0.2) is 5.82 Å². The van der Waals surface area contributed by atoms with E-state index < -0.39 is 0 Å². The summed E-state index contributed by atoms with van der Waals surface area (Å²) in [7, 11) is 0. The molecule has 2 aliphatic rings. The lowest BCUT2D eigenvalue weighted by Crippen LogP contribution is -2.47. The van der Waals surface area contributed by atoms with Crippen LogP contribution in [0.15, 0.2) is 12.5 Å². The van der Waals surface area contributed by atoms with Crippen LogP contribution in [0, 0.1) is 5.92 Å². The standard InChI is InChI=1S/C13H20N4/c14-11-8-15-9-16-13(11)17-7-3-5-10-4-1-2-6-12(10)17/h8-10,12H,1-7,14H2/t10-,12-/m1/s1. The highest BCUT2D eigenvalue weighted by Crippen LogP contribution is 2.38. The highest BCUT2D eigenvalue weighted by molar-refractivity contribution is 5.61. The Morgan fingerprint density at radius 3 is 2.88 bits per heavy atom. The maximum Gasteiger partial charge on any atom is 0.155 e. The molecule has 2 N–H and O–H groups in total. The molecule has 0 bridgehead atoms. The third kappa shape index (κ3) is 1.96. The Labute approximate surface area is 102 Å². The Bertz CT molecular complexity index is 391. The van der Waals surface area contributed by atoms with Crippen molar-refractivity contribution < 1.29 is 0 Å². The average molecular weight is 232 g/mol. The summed E-state index contributed by atoms with van der Waals surface area (Å²) in [6, 6.07) is 0.662. The summed E-state index contributed by atoms with van der Waals surface area (Å²) in [5.74, 6) is 1.81. The van der Waals surface area contributed by atoms with E-state index in [2.05, 4.69) is 14.9 Å². The van der Waals surface area contributed by atoms with Crippen LogP contribution in [0.2, 0.25) is 0 Å². The van der Waals surface area contributed by atoms with Crippen molar-refractivity contribution in [1.82, 2.24) is 9.97 Å². The van der Waals surface area contributed by atoms with Crippen LogP contribution in [-0.2, 0) is 0 Å². The quantitative estimate of drug-likeness (QED) is 0.806. The number of piperidine rings is 1. The van der Waals surface area contributed by atoms with Gasteiger partial charge in [-0.25, -0.2) is 9.97 Å². The van der Waals surface area contributed by atoms with Gasteiger partial charge in [0.2, 0.25) is 0 Å². The molecule has 1 saturated carbocycles. The minimum Gasteiger partial charge on any atom is -0.394 e. The predicted molar refractivity (Wildman–Crippen MR) is 68.8 cm³/mol. The molecular formula is C13H20N4. The first-order chi connectivity index (χ1) is 8.36. The van der Waals surface area contributed by atoms with Crippen molar-refractivity contribution in [1.29, 1.82) is 0 Å². The lowest BCUT2D eigenvalue weighted by molar-refractivity contribution is 0.243. The molecule has 0 aromatic carbocycles. The largest absolute Gasteiger partial charge is 0.394 e. The van der Waals surface area contributed by atoms with E-state index in [-0.39, 0.29) is 0 Å². The Balaban J connectivity index is 1.88. The fourth-order valence-electron chi connectivity index (χ4n) is 3.46. The number of anilines is 2. The lowest BCUT2D eigenvalue weighted by atomic mass is 9.78. The third-order valence-electron chi connectivity index (χ3n) is 4.23. The van der Waals surface area contributed by atoms with Crippen LogP contribution in [0.3, 0.4) is 0 Å². The molecule has 0 amide bonds. The zero-order valence-corrected chi connectivity index (χ0v) is 10.2. The van der Waals surface area contributed by atoms with Crippen LogP contribution in [0.1, 0.15) is 38.5 Å². The first-order valence-corrected chi connectivity index (χ1v) is 6.68. The van der Waals surface area contributed by atoms with E-state index in [1.165, 1.54) is 38.5 Å². The number of fused-ring (bicyclic) bond motifs is 1. The molecular weight excluding hydrogens is 212 g/mol. The van der Waals surface area contributed by atoms with Crippen molar-refractivity contribution in [2.24, 2.45) is 5.92 Å². The molecule has 1 aliphatic carbocycles. The molecule has 1 saturated heterocycles. The summed E-state index contributed by atoms with van der Waals surface area (Å²) >= 11 is 0. The topological polar surface area (TPSA) is 55.0 Å². The Morgan fingerprint density at radius 2 is 2.00 bits per heavy atom. The number of aromatic nitrogens is 2. The average Bonchev–Trinajstić information content (AvgIpc) is 2.39. The van der Waals surface area contributed by atoms with E-state index in [9.17, 15) is 0 Å². The van der Waals surface area contributed by atoms with Gasteiger partial charge in [-0.2, -0.15) is 0 Å². The lowest BCUT2D eigenvalue weighted by Gasteiger charge is -2.45. The third-order valence-corrected chi connectivity index (χ3v) is 4.23. The number of hydrogen-bond acceptors (Lipinski definition) is 4. The number of nitrogens with two attached hydrogens (primary N) is 1. The summed E-state index contributed by atoms with van der Waals surface area (Å²) in [4.78, 5) is 10.8. The molecule has 1 aliphatic heterocycles. The SMILES string of the molecule is Nc1cncnc1N1CCC[C@H]2CCCC[C@H]21. The van der Waals surface area contributed by atoms with Gasteiger partial charge in [0, 0.05) is 12.6 Å². The highest BCUT2D eigenvalue weighted by Gasteiger charge is 2.34. The summed E-state index contributed by atoms with van der Waals surface area (Å²) in [6.45, 7) is 1.10. The molecule has 17 heavy (non-hydrogen) atoms. The van der Waals surface area contributed by atoms with Gasteiger partial charge in [-0.05, 0) is 31.6 Å². The fraction of sp³-hybridized carbons (Fsp3) is 0.692. The highest BCUT2D eigenvalue weighted by atomic mass is 15.2. The molecule has 3 rings (SSSR count). The van der Waals surface area contributed by atoms with E-state index in [0.29, 0.717) is 6.04 Å². The summed E-state index contributed by atoms with van der Waals surface area (Å²) in [6.07, 6.45) is 11.4. The van der Waals surface area contributed by atoms with Crippen molar-refractivity contribution in [3.63, 3.8) is 0 Å². The number of nitrogen functional groups attached to an aromatic ring is 1. The number of nitrogens with zero attached hydrogens (tertiary/aromatic N) is 3. The van der Waals surface area contributed by atoms with E-state index in [1.54, 1.807) is 12.5 Å². The molecule has 1 aromatic rings. The molecule has 92 valence electrons. The van der Waals surface area contributed by atoms with E-state index in [4.69, 9.17) is 5.73 Å². The van der Waals surface area contributed by atoms with Crippen molar-refractivity contribution in [3.8, 4) is 0 Å². The van der Waals surface area contributed by atoms with Gasteiger partial charge in [0.25, 0.3) is 0 Å². The van der Waals surface area contributed by atoms with E-state index in [1.807, 2.05) is 0 Å². The predicted octanol–water partition coefficient (Wildman–Crippen LogP) is 2.22. The van der Waals surface area contributed by atoms with Crippen LogP contribution >= 0.6 is 0 Å². The summed E-state index contributed by atoms with van der Waals surface area (Å²) in [5.41, 5.74) is 6.73. The second-order valence-corrected chi connectivity index (χ2v) is 5.25. The minimum absolute atomic E-state index is 0.662. The second-order valence-electron chi connectivity index (χ2n) is 5.25. The molecule has 0 spiro atoms. The summed E-state index contributed by atoms with van der Waals surface area (Å²) < 4.78 is 0. The van der Waals surface area contributed by atoms with Gasteiger partial charge in [-0.1, -0.05) is 12.8 Å². The summed E-state index contributed by atoms with van der Waals surface area (Å²) in [5, 5.41) is 0. The smallest absolute Gasteiger partial charge is 0.155 e. The fourth-order valence-corrected chi connectivity index (χ4v) is 3.46. The van der Waals surface area contributed by atoms with Gasteiger partial charge in [-0.3, -0.25) is 0 Å². The van der Waals surface area contributed by atoms with Gasteiger partial charge in [0.1, 0.15) is 6.33 Å². The maximum atomic E-state index is 6.01. The molecule has 4 heteroatoms. The molecule has 0 unspecified atom stereocenters. The van der Waals surface area contributed by atoms with Crippen molar-refractivity contribution >= 4 is 11.5 Å². The molecule has 1 aromatic heterocycles. The van der Waals surface area contributed by atoms with Crippen molar-refractivity contribution in [2.45, 2.75) is 44.6 Å². The van der Waals surface area contributed by atoms with E-state index in [0.717, 1.165) is 24.0 Å². The van der Waals surface area contributed by atoms with Gasteiger partial charge < -0.3 is 10.6 Å². The second kappa shape index (κ2) is 4.51. The Kier molecular flexibility index (Phi) is 2.87. The van der Waals surface area contributed by atoms with Gasteiger partial charge >= 0.3 is 0 Å². The van der Waals surface area contributed by atoms with Gasteiger partial charge in [-0.15, -0.1) is 0 Å².